The molecule has 2 rings (SSSR count). The van der Waals surface area contributed by atoms with Crippen LogP contribution >= 0.6 is 0 Å². The van der Waals surface area contributed by atoms with Crippen molar-refractivity contribution in [2.75, 3.05) is 14.2 Å². The van der Waals surface area contributed by atoms with E-state index in [0.29, 0.717) is 11.4 Å². The number of aromatic nitrogens is 2. The highest BCUT2D eigenvalue weighted by Crippen LogP contribution is 2.20. The summed E-state index contributed by atoms with van der Waals surface area (Å²) in [7, 11) is 3.02. The van der Waals surface area contributed by atoms with Crippen LogP contribution in [-0.4, -0.2) is 29.8 Å². The predicted octanol–water partition coefficient (Wildman–Crippen LogP) is 1.19. The molecule has 0 atom stereocenters. The minimum Gasteiger partial charge on any atom is -0.497 e. The van der Waals surface area contributed by atoms with E-state index >= 15 is 0 Å². The molecule has 1 N–H and O–H groups in total. The van der Waals surface area contributed by atoms with Crippen molar-refractivity contribution in [2.24, 2.45) is 0 Å². The Hall–Kier alpha value is -3.14. The Morgan fingerprint density at radius 1 is 1.39 bits per heavy atom. The second kappa shape index (κ2) is 7.22. The van der Waals surface area contributed by atoms with Crippen molar-refractivity contribution >= 4 is 5.91 Å². The van der Waals surface area contributed by atoms with Gasteiger partial charge in [-0.25, -0.2) is 4.68 Å². The first-order valence-electron chi connectivity index (χ1n) is 6.96. The van der Waals surface area contributed by atoms with Gasteiger partial charge in [0.25, 0.3) is 11.5 Å². The topological polar surface area (TPSA) is 97.0 Å². The number of hydrogen-bond acceptors (Lipinski definition) is 5. The van der Waals surface area contributed by atoms with Crippen LogP contribution in [0.25, 0.3) is 11.3 Å². The van der Waals surface area contributed by atoms with E-state index in [9.17, 15) is 9.59 Å². The highest BCUT2D eigenvalue weighted by atomic mass is 16.5. The fourth-order valence-corrected chi connectivity index (χ4v) is 2.05. The molecule has 23 heavy (non-hydrogen) atoms. The zero-order valence-corrected chi connectivity index (χ0v) is 12.9. The molecule has 1 aromatic heterocycles. The Balaban J connectivity index is 2.55. The summed E-state index contributed by atoms with van der Waals surface area (Å²) in [6.45, 7) is 0.128. The third-order valence-electron chi connectivity index (χ3n) is 3.27. The maximum Gasteiger partial charge on any atom is 0.279 e. The van der Waals surface area contributed by atoms with Crippen LogP contribution in [0, 0.1) is 11.3 Å². The van der Waals surface area contributed by atoms with Gasteiger partial charge >= 0.3 is 0 Å². The monoisotopic (exact) mass is 312 g/mol. The van der Waals surface area contributed by atoms with Gasteiger partial charge in [0.05, 0.1) is 31.8 Å². The van der Waals surface area contributed by atoms with Crippen molar-refractivity contribution in [3.63, 3.8) is 0 Å². The molecule has 118 valence electrons. The van der Waals surface area contributed by atoms with Crippen molar-refractivity contribution in [2.45, 2.75) is 13.0 Å². The van der Waals surface area contributed by atoms with Gasteiger partial charge in [0.15, 0.2) is 0 Å². The summed E-state index contributed by atoms with van der Waals surface area (Å²) >= 11 is 0. The van der Waals surface area contributed by atoms with Crippen molar-refractivity contribution in [1.82, 2.24) is 15.1 Å². The van der Waals surface area contributed by atoms with Crippen LogP contribution in [0.2, 0.25) is 0 Å². The summed E-state index contributed by atoms with van der Waals surface area (Å²) in [6, 6.07) is 10.5. The number of methoxy groups -OCH3 is 1. The number of nitrogens with zero attached hydrogens (tertiary/aromatic N) is 3. The number of nitriles is 1. The van der Waals surface area contributed by atoms with Crippen molar-refractivity contribution < 1.29 is 9.53 Å². The highest BCUT2D eigenvalue weighted by Gasteiger charge is 2.15. The zero-order valence-electron chi connectivity index (χ0n) is 12.9. The molecule has 2 aromatic rings. The predicted molar refractivity (Wildman–Crippen MR) is 84.1 cm³/mol. The van der Waals surface area contributed by atoms with E-state index in [2.05, 4.69) is 10.4 Å². The molecule has 7 heteroatoms. The van der Waals surface area contributed by atoms with Crippen molar-refractivity contribution in [1.29, 1.82) is 5.26 Å². The first kappa shape index (κ1) is 16.2. The zero-order chi connectivity index (χ0) is 16.8. The van der Waals surface area contributed by atoms with Crippen LogP contribution < -0.4 is 15.6 Å². The number of ether oxygens (including phenoxy) is 1. The number of hydrogen-bond donors (Lipinski definition) is 1. The molecule has 7 nitrogen and oxygen atoms in total. The fraction of sp³-hybridized carbons (Fsp3) is 0.250. The van der Waals surface area contributed by atoms with Gasteiger partial charge in [-0.05, 0) is 30.3 Å². The lowest BCUT2D eigenvalue weighted by molar-refractivity contribution is 0.0960. The van der Waals surface area contributed by atoms with Gasteiger partial charge in [-0.1, -0.05) is 0 Å². The number of nitrogens with one attached hydrogen (secondary N) is 1. The number of carbonyl (C=O) groups is 1. The minimum atomic E-state index is -0.517. The van der Waals surface area contributed by atoms with Crippen LogP contribution in [0.1, 0.15) is 16.8 Å². The summed E-state index contributed by atoms with van der Waals surface area (Å²) in [5.74, 6) is 0.205. The van der Waals surface area contributed by atoms with E-state index in [1.54, 1.807) is 31.4 Å². The summed E-state index contributed by atoms with van der Waals surface area (Å²) < 4.78 is 6.25. The number of benzene rings is 1. The third kappa shape index (κ3) is 3.55. The van der Waals surface area contributed by atoms with E-state index in [1.807, 2.05) is 6.07 Å². The molecule has 1 heterocycles. The molecule has 0 aliphatic rings. The number of carbonyl (C=O) groups excluding carboxylic acids is 1. The normalized spacial score (nSPS) is 9.96. The highest BCUT2D eigenvalue weighted by molar-refractivity contribution is 5.94. The molecule has 0 aliphatic carbocycles. The Kier molecular flexibility index (Phi) is 5.10. The third-order valence-corrected chi connectivity index (χ3v) is 3.27. The molecule has 0 spiro atoms. The molecule has 1 aromatic carbocycles. The largest absolute Gasteiger partial charge is 0.497 e. The van der Waals surface area contributed by atoms with Crippen molar-refractivity contribution in [3.05, 3.63) is 46.2 Å². The summed E-state index contributed by atoms with van der Waals surface area (Å²) in [6.07, 6.45) is 0.131. The Morgan fingerprint density at radius 2 is 2.09 bits per heavy atom. The smallest absolute Gasteiger partial charge is 0.279 e. The van der Waals surface area contributed by atoms with Crippen LogP contribution in [0.15, 0.2) is 35.1 Å². The van der Waals surface area contributed by atoms with Gasteiger partial charge < -0.3 is 10.1 Å². The van der Waals surface area contributed by atoms with E-state index < -0.39 is 11.5 Å². The molecule has 0 fully saturated rings. The minimum absolute atomic E-state index is 0.00809. The average molecular weight is 312 g/mol. The maximum atomic E-state index is 12.3. The number of amides is 1. The lowest BCUT2D eigenvalue weighted by Gasteiger charge is -2.09. The summed E-state index contributed by atoms with van der Waals surface area (Å²) in [5.41, 5.74) is 0.688. The quantitative estimate of drug-likeness (QED) is 0.894. The molecule has 0 saturated carbocycles. The maximum absolute atomic E-state index is 12.3. The van der Waals surface area contributed by atoms with Gasteiger partial charge in [0, 0.05) is 12.6 Å². The van der Waals surface area contributed by atoms with E-state index in [4.69, 9.17) is 10.00 Å². The number of rotatable bonds is 5. The van der Waals surface area contributed by atoms with Crippen LogP contribution in [0.3, 0.4) is 0 Å². The standard InChI is InChI=1S/C16H16N4O3/c1-18-15(21)13-10-14(11-4-6-12(23-2)7-5-11)19-20(16(13)22)9-3-8-17/h4-7,10H,3,9H2,1-2H3,(H,18,21). The van der Waals surface area contributed by atoms with Gasteiger partial charge in [0.1, 0.15) is 11.3 Å². The Bertz CT molecular complexity index is 804. The van der Waals surface area contributed by atoms with E-state index in [0.717, 1.165) is 10.2 Å². The molecular weight excluding hydrogens is 296 g/mol. The SMILES string of the molecule is CNC(=O)c1cc(-c2ccc(OC)cc2)nn(CCC#N)c1=O. The molecule has 0 bridgehead atoms. The molecule has 1 amide bonds. The van der Waals surface area contributed by atoms with Crippen LogP contribution in [0.4, 0.5) is 0 Å². The van der Waals surface area contributed by atoms with Crippen LogP contribution in [-0.2, 0) is 6.54 Å². The van der Waals surface area contributed by atoms with Crippen molar-refractivity contribution in [3.8, 4) is 23.1 Å². The lowest BCUT2D eigenvalue weighted by Crippen LogP contribution is -2.33. The second-order valence-corrected chi connectivity index (χ2v) is 4.69. The summed E-state index contributed by atoms with van der Waals surface area (Å²) in [4.78, 5) is 24.2. The van der Waals surface area contributed by atoms with Gasteiger partial charge in [0.2, 0.25) is 0 Å². The first-order chi connectivity index (χ1) is 11.1. The molecule has 0 unspecified atom stereocenters. The number of aryl methyl sites for hydroxylation is 1. The molecule has 0 aliphatic heterocycles. The Morgan fingerprint density at radius 3 is 2.65 bits per heavy atom. The van der Waals surface area contributed by atoms with E-state index in [-0.39, 0.29) is 18.5 Å². The van der Waals surface area contributed by atoms with Gasteiger partial charge in [-0.15, -0.1) is 0 Å². The molecule has 0 saturated heterocycles. The summed E-state index contributed by atoms with van der Waals surface area (Å²) in [5, 5.41) is 15.4. The van der Waals surface area contributed by atoms with E-state index in [1.165, 1.54) is 13.1 Å². The fourth-order valence-electron chi connectivity index (χ4n) is 2.05. The lowest BCUT2D eigenvalue weighted by atomic mass is 10.1. The molecular formula is C16H16N4O3. The van der Waals surface area contributed by atoms with Gasteiger partial charge in [-0.3, -0.25) is 9.59 Å². The first-order valence-corrected chi connectivity index (χ1v) is 6.96. The second-order valence-electron chi connectivity index (χ2n) is 4.69. The Labute approximate surface area is 133 Å². The molecule has 0 radical (unpaired) electrons. The van der Waals surface area contributed by atoms with Crippen LogP contribution in [0.5, 0.6) is 5.75 Å². The van der Waals surface area contributed by atoms with Gasteiger partial charge in [-0.2, -0.15) is 10.4 Å². The average Bonchev–Trinajstić information content (AvgIpc) is 2.60.